The predicted octanol–water partition coefficient (Wildman–Crippen LogP) is 4.16. The van der Waals surface area contributed by atoms with E-state index in [1.54, 1.807) is 25.1 Å². The van der Waals surface area contributed by atoms with Crippen LogP contribution in [-0.4, -0.2) is 61.3 Å². The number of rotatable bonds is 10. The molecule has 0 bridgehead atoms. The van der Waals surface area contributed by atoms with Crippen LogP contribution in [0.3, 0.4) is 0 Å². The molecule has 2 heterocycles. The van der Waals surface area contributed by atoms with E-state index in [1.165, 1.54) is 35.3 Å². The third-order valence-corrected chi connectivity index (χ3v) is 7.10. The van der Waals surface area contributed by atoms with E-state index in [9.17, 15) is 14.5 Å². The van der Waals surface area contributed by atoms with Gasteiger partial charge >= 0.3 is 0 Å². The SMILES string of the molecule is Cc1ncn(-c2ccc([N+](=O)[O-])cc2OCCN(C)CC(N)c2nc(Cl)nc3c2CCC3c2ccc(F)cc2)n1. The highest BCUT2D eigenvalue weighted by atomic mass is 35.5. The molecule has 0 spiro atoms. The summed E-state index contributed by atoms with van der Waals surface area (Å²) in [6, 6.07) is 10.4. The van der Waals surface area contributed by atoms with Gasteiger partial charge in [-0.2, -0.15) is 5.10 Å². The molecule has 2 atom stereocenters. The quantitative estimate of drug-likeness (QED) is 0.170. The number of halogens is 2. The number of nitrogens with two attached hydrogens (primary N) is 1. The maximum atomic E-state index is 13.4. The molecule has 1 aliphatic carbocycles. The molecule has 208 valence electrons. The summed E-state index contributed by atoms with van der Waals surface area (Å²) in [5.74, 6) is 0.612. The number of benzene rings is 2. The Hall–Kier alpha value is -4.00. The molecule has 0 saturated heterocycles. The van der Waals surface area contributed by atoms with E-state index in [0.29, 0.717) is 36.0 Å². The average molecular weight is 567 g/mol. The van der Waals surface area contributed by atoms with Crippen LogP contribution in [0.5, 0.6) is 5.75 Å². The van der Waals surface area contributed by atoms with Gasteiger partial charge in [-0.05, 0) is 67.7 Å². The zero-order chi connectivity index (χ0) is 28.4. The van der Waals surface area contributed by atoms with E-state index in [2.05, 4.69) is 20.1 Å². The summed E-state index contributed by atoms with van der Waals surface area (Å²) in [6.45, 7) is 2.96. The van der Waals surface area contributed by atoms with E-state index in [-0.39, 0.29) is 29.3 Å². The van der Waals surface area contributed by atoms with Crippen LogP contribution in [0.25, 0.3) is 5.69 Å². The van der Waals surface area contributed by atoms with Gasteiger partial charge in [-0.3, -0.25) is 10.1 Å². The minimum absolute atomic E-state index is 0.00563. The molecule has 2 unspecified atom stereocenters. The van der Waals surface area contributed by atoms with Crippen LogP contribution >= 0.6 is 11.6 Å². The van der Waals surface area contributed by atoms with Crippen LogP contribution in [0.2, 0.25) is 5.28 Å². The highest BCUT2D eigenvalue weighted by Crippen LogP contribution is 2.39. The minimum atomic E-state index is -0.472. The van der Waals surface area contributed by atoms with E-state index in [0.717, 1.165) is 29.7 Å². The van der Waals surface area contributed by atoms with Crippen molar-refractivity contribution in [2.24, 2.45) is 5.73 Å². The number of hydrogen-bond donors (Lipinski definition) is 1. The van der Waals surface area contributed by atoms with Crippen molar-refractivity contribution in [2.45, 2.75) is 31.7 Å². The van der Waals surface area contributed by atoms with Crippen molar-refractivity contribution in [1.82, 2.24) is 29.6 Å². The lowest BCUT2D eigenvalue weighted by Crippen LogP contribution is -2.33. The van der Waals surface area contributed by atoms with Gasteiger partial charge in [0.15, 0.2) is 5.75 Å². The second kappa shape index (κ2) is 11.6. The lowest BCUT2D eigenvalue weighted by molar-refractivity contribution is -0.384. The Bertz CT molecular complexity index is 1530. The summed E-state index contributed by atoms with van der Waals surface area (Å²) in [5, 5.41) is 15.7. The van der Waals surface area contributed by atoms with Crippen molar-refractivity contribution in [2.75, 3.05) is 26.7 Å². The third kappa shape index (κ3) is 5.93. The molecule has 0 amide bonds. The number of fused-ring (bicyclic) bond motifs is 1. The molecule has 0 aliphatic heterocycles. The monoisotopic (exact) mass is 566 g/mol. The molecule has 2 N–H and O–H groups in total. The third-order valence-electron chi connectivity index (χ3n) is 6.93. The van der Waals surface area contributed by atoms with Gasteiger partial charge in [0, 0.05) is 25.1 Å². The van der Waals surface area contributed by atoms with E-state index < -0.39 is 11.0 Å². The highest BCUT2D eigenvalue weighted by molar-refractivity contribution is 6.28. The maximum absolute atomic E-state index is 13.4. The van der Waals surface area contributed by atoms with Crippen LogP contribution in [0, 0.1) is 22.9 Å². The van der Waals surface area contributed by atoms with Crippen molar-refractivity contribution < 1.29 is 14.1 Å². The summed E-state index contributed by atoms with van der Waals surface area (Å²) in [6.07, 6.45) is 3.10. The first kappa shape index (κ1) is 27.6. The van der Waals surface area contributed by atoms with Crippen LogP contribution in [-0.2, 0) is 6.42 Å². The van der Waals surface area contributed by atoms with E-state index in [1.807, 2.05) is 11.9 Å². The first-order valence-corrected chi connectivity index (χ1v) is 13.1. The Morgan fingerprint density at radius 3 is 2.75 bits per heavy atom. The number of aromatic nitrogens is 5. The van der Waals surface area contributed by atoms with E-state index in [4.69, 9.17) is 22.1 Å². The Balaban J connectivity index is 1.26. The topological polar surface area (TPSA) is 138 Å². The predicted molar refractivity (Wildman–Crippen MR) is 146 cm³/mol. The van der Waals surface area contributed by atoms with Crippen LogP contribution in [0.15, 0.2) is 48.8 Å². The largest absolute Gasteiger partial charge is 0.490 e. The average Bonchev–Trinajstić information content (AvgIpc) is 3.54. The van der Waals surface area contributed by atoms with Crippen molar-refractivity contribution in [3.05, 3.63) is 98.3 Å². The summed E-state index contributed by atoms with van der Waals surface area (Å²) < 4.78 is 20.9. The van der Waals surface area contributed by atoms with Crippen molar-refractivity contribution in [1.29, 1.82) is 0 Å². The number of nitrogens with zero attached hydrogens (tertiary/aromatic N) is 7. The zero-order valence-corrected chi connectivity index (χ0v) is 22.8. The molecule has 5 rings (SSSR count). The van der Waals surface area contributed by atoms with Crippen molar-refractivity contribution >= 4 is 17.3 Å². The molecule has 0 radical (unpaired) electrons. The Morgan fingerprint density at radius 1 is 1.27 bits per heavy atom. The minimum Gasteiger partial charge on any atom is -0.490 e. The standard InChI is InChI=1S/C27H28ClFN8O3/c1-16-31-15-36(34-16)23-10-7-19(37(38)39)13-24(23)40-12-11-35(2)14-22(30)26-21-9-8-20(25(21)32-27(28)33-26)17-3-5-18(29)6-4-17/h3-7,10,13,15,20,22H,8-9,11-12,14,30H2,1-2H3. The fourth-order valence-corrected chi connectivity index (χ4v) is 5.18. The van der Waals surface area contributed by atoms with Crippen LogP contribution in [0.1, 0.15) is 46.7 Å². The van der Waals surface area contributed by atoms with Crippen LogP contribution < -0.4 is 10.5 Å². The van der Waals surface area contributed by atoms with Gasteiger partial charge in [0.05, 0.1) is 28.4 Å². The fourth-order valence-electron chi connectivity index (χ4n) is 4.99. The van der Waals surface area contributed by atoms with Gasteiger partial charge in [0.2, 0.25) is 5.28 Å². The van der Waals surface area contributed by atoms with Gasteiger partial charge in [0.25, 0.3) is 5.69 Å². The Labute approximate surface area is 234 Å². The molecular formula is C27H28ClFN8O3. The Morgan fingerprint density at radius 2 is 2.05 bits per heavy atom. The van der Waals surface area contributed by atoms with Crippen LogP contribution in [0.4, 0.5) is 10.1 Å². The molecule has 1 aliphatic rings. The number of hydrogen-bond acceptors (Lipinski definition) is 9. The maximum Gasteiger partial charge on any atom is 0.273 e. The highest BCUT2D eigenvalue weighted by Gasteiger charge is 2.31. The molecular weight excluding hydrogens is 539 g/mol. The van der Waals surface area contributed by atoms with E-state index >= 15 is 0 Å². The van der Waals surface area contributed by atoms with Gasteiger partial charge in [-0.15, -0.1) is 0 Å². The zero-order valence-electron chi connectivity index (χ0n) is 22.0. The summed E-state index contributed by atoms with van der Waals surface area (Å²) >= 11 is 6.31. The first-order valence-electron chi connectivity index (χ1n) is 12.7. The number of aryl methyl sites for hydroxylation is 1. The molecule has 0 fully saturated rings. The summed E-state index contributed by atoms with van der Waals surface area (Å²) in [7, 11) is 1.91. The molecule has 0 saturated carbocycles. The molecule has 4 aromatic rings. The van der Waals surface area contributed by atoms with Crippen molar-refractivity contribution in [3.8, 4) is 11.4 Å². The molecule has 2 aromatic carbocycles. The normalized spacial score (nSPS) is 15.3. The second-order valence-corrected chi connectivity index (χ2v) is 10.1. The second-order valence-electron chi connectivity index (χ2n) is 9.75. The molecule has 40 heavy (non-hydrogen) atoms. The lowest BCUT2D eigenvalue weighted by Gasteiger charge is -2.23. The fraction of sp³-hybridized carbons (Fsp3) is 0.333. The molecule has 2 aromatic heterocycles. The van der Waals surface area contributed by atoms with Gasteiger partial charge in [0.1, 0.15) is 30.3 Å². The van der Waals surface area contributed by atoms with Gasteiger partial charge < -0.3 is 15.4 Å². The number of nitro benzene ring substituents is 1. The Kier molecular flexibility index (Phi) is 8.01. The summed E-state index contributed by atoms with van der Waals surface area (Å²) in [5.41, 5.74) is 10.6. The van der Waals surface area contributed by atoms with Gasteiger partial charge in [-0.1, -0.05) is 12.1 Å². The number of likely N-dealkylation sites (N-methyl/N-ethyl adjacent to an activating group) is 1. The number of ether oxygens (including phenoxy) is 1. The number of non-ortho nitro benzene ring substituents is 1. The smallest absolute Gasteiger partial charge is 0.273 e. The van der Waals surface area contributed by atoms with Crippen molar-refractivity contribution in [3.63, 3.8) is 0 Å². The van der Waals surface area contributed by atoms with Gasteiger partial charge in [-0.25, -0.2) is 24.0 Å². The summed E-state index contributed by atoms with van der Waals surface area (Å²) in [4.78, 5) is 25.9. The lowest BCUT2D eigenvalue weighted by atomic mass is 9.96. The molecule has 11 nitrogen and oxygen atoms in total. The first-order chi connectivity index (χ1) is 19.2. The number of nitro groups is 1. The molecule has 13 heteroatoms.